The van der Waals surface area contributed by atoms with Crippen LogP contribution in [0.1, 0.15) is 4.88 Å². The van der Waals surface area contributed by atoms with Crippen LogP contribution in [-0.4, -0.2) is 0 Å². The zero-order chi connectivity index (χ0) is 11.5. The minimum absolute atomic E-state index is 0.621. The van der Waals surface area contributed by atoms with Gasteiger partial charge in [0.05, 0.1) is 15.7 Å². The molecule has 1 N–H and O–H groups in total. The first-order valence-electron chi connectivity index (χ1n) is 4.57. The number of halogens is 3. The van der Waals surface area contributed by atoms with Crippen LogP contribution in [-0.2, 0) is 6.54 Å². The Morgan fingerprint density at radius 1 is 1.25 bits per heavy atom. The van der Waals surface area contributed by atoms with Crippen molar-refractivity contribution in [1.82, 2.24) is 0 Å². The molecule has 1 heterocycles. The Kier molecular flexibility index (Phi) is 4.14. The molecular weight excluding hydrogens is 329 g/mol. The quantitative estimate of drug-likeness (QED) is 0.788. The molecule has 16 heavy (non-hydrogen) atoms. The number of hydrogen-bond donors (Lipinski definition) is 1. The van der Waals surface area contributed by atoms with Crippen LogP contribution >= 0.6 is 50.5 Å². The van der Waals surface area contributed by atoms with Gasteiger partial charge in [-0.25, -0.2) is 0 Å². The monoisotopic (exact) mass is 335 g/mol. The number of anilines is 1. The van der Waals surface area contributed by atoms with Crippen molar-refractivity contribution in [3.8, 4) is 0 Å². The Hall–Kier alpha value is -0.220. The van der Waals surface area contributed by atoms with Gasteiger partial charge in [-0.15, -0.1) is 11.3 Å². The van der Waals surface area contributed by atoms with Gasteiger partial charge in [0.1, 0.15) is 0 Å². The van der Waals surface area contributed by atoms with E-state index in [1.54, 1.807) is 11.3 Å². The largest absolute Gasteiger partial charge is 0.378 e. The van der Waals surface area contributed by atoms with E-state index in [0.29, 0.717) is 10.0 Å². The maximum Gasteiger partial charge on any atom is 0.0722 e. The number of hydrogen-bond acceptors (Lipinski definition) is 2. The van der Waals surface area contributed by atoms with Crippen LogP contribution in [0.3, 0.4) is 0 Å². The fraction of sp³-hybridized carbons (Fsp3) is 0.0909. The van der Waals surface area contributed by atoms with E-state index < -0.39 is 0 Å². The predicted octanol–water partition coefficient (Wildman–Crippen LogP) is 5.43. The molecule has 0 amide bonds. The molecule has 0 aliphatic heterocycles. The zero-order valence-electron chi connectivity index (χ0n) is 8.14. The topological polar surface area (TPSA) is 12.0 Å². The third kappa shape index (κ3) is 2.92. The highest BCUT2D eigenvalue weighted by molar-refractivity contribution is 9.10. The average molecular weight is 337 g/mol. The SMILES string of the molecule is Clc1cc(Br)cc(Cl)c1NCc1cccs1. The predicted molar refractivity (Wildman–Crippen MR) is 75.8 cm³/mol. The first-order chi connectivity index (χ1) is 7.66. The molecule has 2 rings (SSSR count). The van der Waals surface area contributed by atoms with Crippen molar-refractivity contribution in [2.75, 3.05) is 5.32 Å². The summed E-state index contributed by atoms with van der Waals surface area (Å²) in [6.45, 7) is 0.735. The van der Waals surface area contributed by atoms with Gasteiger partial charge in [-0.3, -0.25) is 0 Å². The second-order valence-electron chi connectivity index (χ2n) is 3.18. The van der Waals surface area contributed by atoms with Gasteiger partial charge >= 0.3 is 0 Å². The lowest BCUT2D eigenvalue weighted by Crippen LogP contribution is -1.98. The van der Waals surface area contributed by atoms with Gasteiger partial charge in [0.2, 0.25) is 0 Å². The summed E-state index contributed by atoms with van der Waals surface area (Å²) in [5.41, 5.74) is 0.778. The van der Waals surface area contributed by atoms with E-state index in [0.717, 1.165) is 16.7 Å². The second kappa shape index (κ2) is 5.41. The number of benzene rings is 1. The van der Waals surface area contributed by atoms with Gasteiger partial charge in [0.25, 0.3) is 0 Å². The highest BCUT2D eigenvalue weighted by Crippen LogP contribution is 2.34. The van der Waals surface area contributed by atoms with E-state index in [9.17, 15) is 0 Å². The number of thiophene rings is 1. The van der Waals surface area contributed by atoms with Crippen molar-refractivity contribution in [2.24, 2.45) is 0 Å². The van der Waals surface area contributed by atoms with E-state index in [-0.39, 0.29) is 0 Å². The van der Waals surface area contributed by atoms with E-state index in [4.69, 9.17) is 23.2 Å². The maximum atomic E-state index is 6.10. The van der Waals surface area contributed by atoms with Crippen molar-refractivity contribution >= 4 is 56.2 Å². The van der Waals surface area contributed by atoms with Crippen LogP contribution in [0.2, 0.25) is 10.0 Å². The summed E-state index contributed by atoms with van der Waals surface area (Å²) >= 11 is 17.2. The fourth-order valence-electron chi connectivity index (χ4n) is 1.30. The maximum absolute atomic E-state index is 6.10. The normalized spacial score (nSPS) is 10.4. The number of nitrogens with one attached hydrogen (secondary N) is 1. The van der Waals surface area contributed by atoms with Crippen LogP contribution in [0.25, 0.3) is 0 Å². The molecule has 5 heteroatoms. The highest BCUT2D eigenvalue weighted by Gasteiger charge is 2.07. The minimum Gasteiger partial charge on any atom is -0.378 e. The summed E-state index contributed by atoms with van der Waals surface area (Å²) in [6.07, 6.45) is 0. The van der Waals surface area contributed by atoms with Crippen molar-refractivity contribution < 1.29 is 0 Å². The van der Waals surface area contributed by atoms with Gasteiger partial charge in [-0.05, 0) is 23.6 Å². The summed E-state index contributed by atoms with van der Waals surface area (Å²) in [4.78, 5) is 1.25. The lowest BCUT2D eigenvalue weighted by Gasteiger charge is -2.09. The Labute approximate surface area is 117 Å². The van der Waals surface area contributed by atoms with Gasteiger partial charge < -0.3 is 5.32 Å². The molecule has 1 aromatic heterocycles. The Balaban J connectivity index is 2.15. The van der Waals surface area contributed by atoms with Crippen LogP contribution < -0.4 is 5.32 Å². The molecule has 0 aliphatic carbocycles. The molecule has 84 valence electrons. The molecule has 0 saturated carbocycles. The standard InChI is InChI=1S/C11H8BrCl2NS/c12-7-4-9(13)11(10(14)5-7)15-6-8-2-1-3-16-8/h1-5,15H,6H2. The van der Waals surface area contributed by atoms with Crippen molar-refractivity contribution in [1.29, 1.82) is 0 Å². The minimum atomic E-state index is 0.621. The lowest BCUT2D eigenvalue weighted by atomic mass is 10.3. The summed E-state index contributed by atoms with van der Waals surface area (Å²) in [5.74, 6) is 0. The molecule has 1 aromatic carbocycles. The van der Waals surface area contributed by atoms with Gasteiger partial charge in [0, 0.05) is 15.9 Å². The molecule has 0 spiro atoms. The molecule has 0 fully saturated rings. The highest BCUT2D eigenvalue weighted by atomic mass is 79.9. The molecule has 0 aliphatic rings. The molecule has 0 saturated heterocycles. The lowest BCUT2D eigenvalue weighted by molar-refractivity contribution is 1.19. The first-order valence-corrected chi connectivity index (χ1v) is 7.00. The molecule has 2 aromatic rings. The Morgan fingerprint density at radius 3 is 2.50 bits per heavy atom. The van der Waals surface area contributed by atoms with Crippen molar-refractivity contribution in [3.05, 3.63) is 49.0 Å². The van der Waals surface area contributed by atoms with Crippen molar-refractivity contribution in [2.45, 2.75) is 6.54 Å². The fourth-order valence-corrected chi connectivity index (χ4v) is 3.29. The molecule has 0 atom stereocenters. The van der Waals surface area contributed by atoms with E-state index in [1.807, 2.05) is 23.6 Å². The van der Waals surface area contributed by atoms with E-state index >= 15 is 0 Å². The van der Waals surface area contributed by atoms with Crippen LogP contribution in [0.15, 0.2) is 34.1 Å². The van der Waals surface area contributed by atoms with Gasteiger partial charge in [-0.1, -0.05) is 45.2 Å². The second-order valence-corrected chi connectivity index (χ2v) is 5.94. The summed E-state index contributed by atoms with van der Waals surface area (Å²) in [7, 11) is 0. The molecule has 0 unspecified atom stereocenters. The average Bonchev–Trinajstić information content (AvgIpc) is 2.68. The summed E-state index contributed by atoms with van der Waals surface area (Å²) in [6, 6.07) is 7.74. The van der Waals surface area contributed by atoms with Gasteiger partial charge in [0.15, 0.2) is 0 Å². The van der Waals surface area contributed by atoms with E-state index in [1.165, 1.54) is 4.88 Å². The summed E-state index contributed by atoms with van der Waals surface area (Å²) in [5, 5.41) is 6.52. The Morgan fingerprint density at radius 2 is 1.94 bits per heavy atom. The smallest absolute Gasteiger partial charge is 0.0722 e. The third-order valence-corrected chi connectivity index (χ3v) is 3.96. The molecule has 1 nitrogen and oxygen atoms in total. The zero-order valence-corrected chi connectivity index (χ0v) is 12.1. The molecule has 0 bridgehead atoms. The third-order valence-electron chi connectivity index (χ3n) is 2.03. The Bertz CT molecular complexity index is 462. The van der Waals surface area contributed by atoms with Crippen LogP contribution in [0.4, 0.5) is 5.69 Å². The molecule has 0 radical (unpaired) electrons. The first kappa shape index (κ1) is 12.2. The summed E-state index contributed by atoms with van der Waals surface area (Å²) < 4.78 is 0.879. The molecular formula is C11H8BrCl2NS. The number of rotatable bonds is 3. The van der Waals surface area contributed by atoms with E-state index in [2.05, 4.69) is 27.3 Å². The van der Waals surface area contributed by atoms with Crippen LogP contribution in [0.5, 0.6) is 0 Å². The van der Waals surface area contributed by atoms with Gasteiger partial charge in [-0.2, -0.15) is 0 Å². The van der Waals surface area contributed by atoms with Crippen molar-refractivity contribution in [3.63, 3.8) is 0 Å². The van der Waals surface area contributed by atoms with Crippen LogP contribution in [0, 0.1) is 0 Å².